The maximum Gasteiger partial charge on any atom is 0.307 e. The van der Waals surface area contributed by atoms with Crippen LogP contribution in [0.25, 0.3) is 0 Å². The van der Waals surface area contributed by atoms with E-state index in [4.69, 9.17) is 0 Å². The average Bonchev–Trinajstić information content (AvgIpc) is 2.13. The Morgan fingerprint density at radius 2 is 1.13 bits per heavy atom. The van der Waals surface area contributed by atoms with Gasteiger partial charge in [-0.25, -0.2) is 0 Å². The van der Waals surface area contributed by atoms with Crippen molar-refractivity contribution in [2.45, 2.75) is 27.7 Å². The lowest BCUT2D eigenvalue weighted by Gasteiger charge is -2.05. The third kappa shape index (κ3) is 3.77. The van der Waals surface area contributed by atoms with Crippen molar-refractivity contribution in [3.8, 4) is 0 Å². The summed E-state index contributed by atoms with van der Waals surface area (Å²) in [6.07, 6.45) is 2.52. The molecule has 0 unspecified atom stereocenters. The summed E-state index contributed by atoms with van der Waals surface area (Å²) in [5.41, 5.74) is 0. The first kappa shape index (κ1) is 14.3. The van der Waals surface area contributed by atoms with E-state index in [0.717, 1.165) is 0 Å². The first-order valence-corrected chi connectivity index (χ1v) is 6.96. The Bertz CT molecular complexity index is 433. The number of allylic oxidation sites excluding steroid dienone is 4. The van der Waals surface area contributed by atoms with Crippen LogP contribution in [0.15, 0.2) is 22.0 Å². The van der Waals surface area contributed by atoms with Gasteiger partial charge in [-0.3, -0.25) is 0 Å². The fourth-order valence-corrected chi connectivity index (χ4v) is 2.89. The molecule has 15 heavy (non-hydrogen) atoms. The third-order valence-electron chi connectivity index (χ3n) is 1.78. The van der Waals surface area contributed by atoms with Crippen molar-refractivity contribution in [1.82, 2.24) is 0 Å². The van der Waals surface area contributed by atoms with Crippen LogP contribution in [0.1, 0.15) is 27.7 Å². The molecule has 0 aromatic carbocycles. The Hall–Kier alpha value is -0.660. The molecule has 0 amide bonds. The minimum Gasteiger partial charge on any atom is -0.193 e. The molecule has 0 aliphatic carbocycles. The number of rotatable bonds is 4. The zero-order chi connectivity index (χ0) is 12.3. The predicted octanol–water partition coefficient (Wildman–Crippen LogP) is 1.51. The normalized spacial score (nSPS) is 15.5. The summed E-state index contributed by atoms with van der Waals surface area (Å²) < 4.78 is 49.3. The Kier molecular flexibility index (Phi) is 4.69. The molecule has 5 nitrogen and oxygen atoms in total. The van der Waals surface area contributed by atoms with Gasteiger partial charge in [0.25, 0.3) is 0 Å². The predicted molar refractivity (Wildman–Crippen MR) is 57.8 cm³/mol. The van der Waals surface area contributed by atoms with Gasteiger partial charge in [-0.15, -0.1) is 3.63 Å². The van der Waals surface area contributed by atoms with Crippen molar-refractivity contribution in [1.29, 1.82) is 0 Å². The molecule has 0 rings (SSSR count). The van der Waals surface area contributed by atoms with E-state index in [0.29, 0.717) is 0 Å². The largest absolute Gasteiger partial charge is 0.307 e. The number of hydrogen-bond donors (Lipinski definition) is 0. The van der Waals surface area contributed by atoms with Crippen molar-refractivity contribution in [2.24, 2.45) is 0 Å². The molecule has 7 heteroatoms. The maximum absolute atomic E-state index is 11.3. The van der Waals surface area contributed by atoms with E-state index in [1.54, 1.807) is 0 Å². The lowest BCUT2D eigenvalue weighted by Crippen LogP contribution is -2.14. The molecule has 0 aromatic rings. The Balaban J connectivity index is 5.27. The molecule has 0 radical (unpaired) electrons. The smallest absolute Gasteiger partial charge is 0.193 e. The SMILES string of the molecule is CC=C(C)S(=O)(=O)OS(=O)(=O)C(C)=CC. The topological polar surface area (TPSA) is 77.5 Å². The van der Waals surface area contributed by atoms with Gasteiger partial charge < -0.3 is 0 Å². The number of hydrogen-bond acceptors (Lipinski definition) is 5. The van der Waals surface area contributed by atoms with Crippen LogP contribution < -0.4 is 0 Å². The second kappa shape index (κ2) is 4.91. The van der Waals surface area contributed by atoms with E-state index in [1.807, 2.05) is 0 Å². The molecular formula is C8H14O5S2. The lowest BCUT2D eigenvalue weighted by molar-refractivity contribution is 0.471. The molecule has 0 saturated carbocycles. The van der Waals surface area contributed by atoms with Gasteiger partial charge in [0.1, 0.15) is 0 Å². The fourth-order valence-electron chi connectivity index (χ4n) is 0.514. The molecule has 0 spiro atoms. The van der Waals surface area contributed by atoms with E-state index < -0.39 is 20.2 Å². The van der Waals surface area contributed by atoms with Gasteiger partial charge in [-0.05, 0) is 27.7 Å². The van der Waals surface area contributed by atoms with Crippen molar-refractivity contribution in [3.05, 3.63) is 22.0 Å². The molecule has 0 aromatic heterocycles. The summed E-state index contributed by atoms with van der Waals surface area (Å²) in [6.45, 7) is 5.47. The van der Waals surface area contributed by atoms with Crippen LogP contribution in [0.3, 0.4) is 0 Å². The van der Waals surface area contributed by atoms with E-state index in [9.17, 15) is 16.8 Å². The highest BCUT2D eigenvalue weighted by Gasteiger charge is 2.25. The highest BCUT2D eigenvalue weighted by atomic mass is 32.3. The Morgan fingerprint density at radius 1 is 0.867 bits per heavy atom. The zero-order valence-corrected chi connectivity index (χ0v) is 10.6. The second-order valence-electron chi connectivity index (χ2n) is 2.77. The summed E-state index contributed by atoms with van der Waals surface area (Å²) in [5.74, 6) is 0. The van der Waals surface area contributed by atoms with Crippen LogP contribution in [0, 0.1) is 0 Å². The van der Waals surface area contributed by atoms with Gasteiger partial charge in [-0.1, -0.05) is 12.2 Å². The molecule has 0 atom stereocenters. The molecule has 0 saturated heterocycles. The minimum atomic E-state index is -4.19. The molecule has 0 bridgehead atoms. The highest BCUT2D eigenvalue weighted by Crippen LogP contribution is 2.16. The van der Waals surface area contributed by atoms with Crippen LogP contribution in [-0.2, 0) is 23.9 Å². The Morgan fingerprint density at radius 3 is 1.33 bits per heavy atom. The molecule has 0 aliphatic rings. The van der Waals surface area contributed by atoms with Crippen molar-refractivity contribution in [3.63, 3.8) is 0 Å². The van der Waals surface area contributed by atoms with Crippen molar-refractivity contribution in [2.75, 3.05) is 0 Å². The van der Waals surface area contributed by atoms with Crippen LogP contribution >= 0.6 is 0 Å². The van der Waals surface area contributed by atoms with Crippen LogP contribution in [0.5, 0.6) is 0 Å². The monoisotopic (exact) mass is 254 g/mol. The van der Waals surface area contributed by atoms with Gasteiger partial charge in [0.2, 0.25) is 0 Å². The van der Waals surface area contributed by atoms with E-state index in [2.05, 4.69) is 3.63 Å². The quantitative estimate of drug-likeness (QED) is 0.760. The summed E-state index contributed by atoms with van der Waals surface area (Å²) in [4.78, 5) is -0.287. The van der Waals surface area contributed by atoms with Gasteiger partial charge in [0.05, 0.1) is 9.81 Å². The van der Waals surface area contributed by atoms with Crippen LogP contribution in [0.4, 0.5) is 0 Å². The fraction of sp³-hybridized carbons (Fsp3) is 0.500. The maximum atomic E-state index is 11.3. The molecule has 0 aliphatic heterocycles. The van der Waals surface area contributed by atoms with Crippen molar-refractivity contribution >= 4 is 20.2 Å². The van der Waals surface area contributed by atoms with Crippen LogP contribution in [0.2, 0.25) is 0 Å². The third-order valence-corrected chi connectivity index (χ3v) is 5.26. The first-order chi connectivity index (χ1) is 6.67. The van der Waals surface area contributed by atoms with Gasteiger partial charge in [0.15, 0.2) is 0 Å². The van der Waals surface area contributed by atoms with E-state index in [-0.39, 0.29) is 9.81 Å². The summed E-state index contributed by atoms with van der Waals surface area (Å²) >= 11 is 0. The molecular weight excluding hydrogens is 240 g/mol. The van der Waals surface area contributed by atoms with Gasteiger partial charge >= 0.3 is 20.2 Å². The Labute approximate surface area is 90.7 Å². The molecule has 88 valence electrons. The average molecular weight is 254 g/mol. The highest BCUT2D eigenvalue weighted by molar-refractivity contribution is 8.03. The second-order valence-corrected chi connectivity index (χ2v) is 6.42. The van der Waals surface area contributed by atoms with Crippen molar-refractivity contribution < 1.29 is 20.5 Å². The van der Waals surface area contributed by atoms with Gasteiger partial charge in [0, 0.05) is 0 Å². The van der Waals surface area contributed by atoms with Gasteiger partial charge in [-0.2, -0.15) is 16.8 Å². The van der Waals surface area contributed by atoms with Crippen LogP contribution in [-0.4, -0.2) is 16.8 Å². The van der Waals surface area contributed by atoms with E-state index >= 15 is 0 Å². The lowest BCUT2D eigenvalue weighted by atomic mass is 10.6. The molecule has 0 fully saturated rings. The van der Waals surface area contributed by atoms with E-state index in [1.165, 1.54) is 39.8 Å². The minimum absolute atomic E-state index is 0.144. The zero-order valence-electron chi connectivity index (χ0n) is 9.01. The first-order valence-electron chi connectivity index (χ1n) is 4.14. The summed E-state index contributed by atoms with van der Waals surface area (Å²) in [5, 5.41) is 0. The molecule has 0 N–H and O–H groups in total. The summed E-state index contributed by atoms with van der Waals surface area (Å²) in [7, 11) is -8.38. The standard InChI is InChI=1S/C8H14O5S2/c1-5-7(3)14(9,10)13-15(11,12)8(4)6-2/h5-6H,1-4H3. The molecule has 0 heterocycles. The summed E-state index contributed by atoms with van der Waals surface area (Å²) in [6, 6.07) is 0.